The van der Waals surface area contributed by atoms with Crippen LogP contribution in [0.15, 0.2) is 84.9 Å². The molecule has 3 amide bonds. The van der Waals surface area contributed by atoms with E-state index in [4.69, 9.17) is 0 Å². The van der Waals surface area contributed by atoms with Crippen LogP contribution >= 0.6 is 0 Å². The summed E-state index contributed by atoms with van der Waals surface area (Å²) in [7, 11) is 0. The van der Waals surface area contributed by atoms with Gasteiger partial charge in [0.15, 0.2) is 0 Å². The number of carbonyl (C=O) groups is 2. The molecule has 0 spiro atoms. The van der Waals surface area contributed by atoms with Gasteiger partial charge >= 0.3 is 6.03 Å². The second kappa shape index (κ2) is 7.84. The lowest BCUT2D eigenvalue weighted by Gasteiger charge is -2.27. The maximum atomic E-state index is 12.8. The SMILES string of the molecule is O=C(Nc1ccccc1)N[C@H]1CN(c2ccccc2)c2ccccc2NC1=O. The Bertz CT molecular complexity index is 976. The van der Waals surface area contributed by atoms with Gasteiger partial charge in [-0.15, -0.1) is 0 Å². The Labute approximate surface area is 163 Å². The molecule has 3 aromatic rings. The molecule has 0 fully saturated rings. The van der Waals surface area contributed by atoms with Crippen LogP contribution in [0.3, 0.4) is 0 Å². The minimum atomic E-state index is -0.726. The Balaban J connectivity index is 1.59. The smallest absolute Gasteiger partial charge is 0.319 e. The Morgan fingerprint density at radius 2 is 1.54 bits per heavy atom. The summed E-state index contributed by atoms with van der Waals surface area (Å²) in [6.07, 6.45) is 0. The van der Waals surface area contributed by atoms with Gasteiger partial charge in [-0.2, -0.15) is 0 Å². The summed E-state index contributed by atoms with van der Waals surface area (Å²) in [6, 6.07) is 25.4. The van der Waals surface area contributed by atoms with Gasteiger partial charge in [0.1, 0.15) is 6.04 Å². The Morgan fingerprint density at radius 1 is 0.893 bits per heavy atom. The molecule has 1 atom stereocenters. The molecule has 1 aliphatic rings. The van der Waals surface area contributed by atoms with Gasteiger partial charge in [-0.3, -0.25) is 4.79 Å². The Morgan fingerprint density at radius 3 is 2.29 bits per heavy atom. The highest BCUT2D eigenvalue weighted by Gasteiger charge is 2.29. The van der Waals surface area contributed by atoms with Gasteiger partial charge in [0, 0.05) is 11.4 Å². The minimum Gasteiger partial charge on any atom is -0.337 e. The molecule has 6 nitrogen and oxygen atoms in total. The molecule has 1 aliphatic heterocycles. The molecule has 0 bridgehead atoms. The second-order valence-corrected chi connectivity index (χ2v) is 6.47. The summed E-state index contributed by atoms with van der Waals surface area (Å²) in [6.45, 7) is 0.315. The molecule has 0 saturated carbocycles. The number of rotatable bonds is 3. The maximum absolute atomic E-state index is 12.8. The average molecular weight is 372 g/mol. The lowest BCUT2D eigenvalue weighted by molar-refractivity contribution is -0.117. The van der Waals surface area contributed by atoms with Crippen LogP contribution in [0.1, 0.15) is 0 Å². The maximum Gasteiger partial charge on any atom is 0.319 e. The summed E-state index contributed by atoms with van der Waals surface area (Å²) < 4.78 is 0. The minimum absolute atomic E-state index is 0.255. The number of para-hydroxylation sites is 4. The molecule has 3 N–H and O–H groups in total. The lowest BCUT2D eigenvalue weighted by Crippen LogP contribution is -2.49. The molecular weight excluding hydrogens is 352 g/mol. The first-order valence-corrected chi connectivity index (χ1v) is 9.06. The quantitative estimate of drug-likeness (QED) is 0.651. The van der Waals surface area contributed by atoms with E-state index < -0.39 is 12.1 Å². The molecule has 0 aliphatic carbocycles. The zero-order chi connectivity index (χ0) is 19.3. The second-order valence-electron chi connectivity index (χ2n) is 6.47. The lowest BCUT2D eigenvalue weighted by atomic mass is 10.2. The highest BCUT2D eigenvalue weighted by molar-refractivity contribution is 6.03. The first-order chi connectivity index (χ1) is 13.7. The molecule has 0 unspecified atom stereocenters. The number of benzene rings is 3. The number of amides is 3. The predicted molar refractivity (Wildman–Crippen MR) is 111 cm³/mol. The van der Waals surface area contributed by atoms with Gasteiger partial charge in [-0.1, -0.05) is 48.5 Å². The summed E-state index contributed by atoms with van der Waals surface area (Å²) >= 11 is 0. The van der Waals surface area contributed by atoms with E-state index in [0.29, 0.717) is 17.9 Å². The average Bonchev–Trinajstić information content (AvgIpc) is 2.86. The van der Waals surface area contributed by atoms with E-state index in [1.54, 1.807) is 12.1 Å². The number of fused-ring (bicyclic) bond motifs is 1. The third-order valence-corrected chi connectivity index (χ3v) is 4.54. The van der Waals surface area contributed by atoms with Gasteiger partial charge in [0.05, 0.1) is 17.9 Å². The number of urea groups is 1. The largest absolute Gasteiger partial charge is 0.337 e. The first kappa shape index (κ1) is 17.6. The fourth-order valence-electron chi connectivity index (χ4n) is 3.21. The topological polar surface area (TPSA) is 73.5 Å². The molecule has 140 valence electrons. The molecule has 0 saturated heterocycles. The molecule has 4 rings (SSSR count). The van der Waals surface area contributed by atoms with Crippen LogP contribution in [0.2, 0.25) is 0 Å². The van der Waals surface area contributed by atoms with Crippen LogP contribution in [-0.4, -0.2) is 24.5 Å². The number of nitrogens with zero attached hydrogens (tertiary/aromatic N) is 1. The van der Waals surface area contributed by atoms with E-state index in [1.165, 1.54) is 0 Å². The number of hydrogen-bond donors (Lipinski definition) is 3. The van der Waals surface area contributed by atoms with Crippen molar-refractivity contribution in [2.24, 2.45) is 0 Å². The van der Waals surface area contributed by atoms with Crippen molar-refractivity contribution < 1.29 is 9.59 Å². The van der Waals surface area contributed by atoms with Gasteiger partial charge in [0.25, 0.3) is 0 Å². The number of anilines is 4. The molecule has 3 aromatic carbocycles. The monoisotopic (exact) mass is 372 g/mol. The van der Waals surface area contributed by atoms with Gasteiger partial charge in [-0.05, 0) is 36.4 Å². The Hall–Kier alpha value is -3.80. The van der Waals surface area contributed by atoms with E-state index in [1.807, 2.05) is 77.7 Å². The highest BCUT2D eigenvalue weighted by Crippen LogP contribution is 2.34. The Kier molecular flexibility index (Phi) is 4.93. The highest BCUT2D eigenvalue weighted by atomic mass is 16.2. The van der Waals surface area contributed by atoms with Crippen LogP contribution < -0.4 is 20.9 Å². The van der Waals surface area contributed by atoms with E-state index >= 15 is 0 Å². The summed E-state index contributed by atoms with van der Waals surface area (Å²) in [5.74, 6) is -0.255. The fourth-order valence-corrected chi connectivity index (χ4v) is 3.21. The van der Waals surface area contributed by atoms with Crippen molar-refractivity contribution in [3.05, 3.63) is 84.9 Å². The predicted octanol–water partition coefficient (Wildman–Crippen LogP) is 3.97. The summed E-state index contributed by atoms with van der Waals surface area (Å²) in [5.41, 5.74) is 3.21. The standard InChI is InChI=1S/C22H20N4O2/c27-21-19(25-22(28)23-16-9-3-1-4-10-16)15-26(17-11-5-2-6-12-17)20-14-8-7-13-18(20)24-21/h1-14,19H,15H2,(H,24,27)(H2,23,25,28)/t19-/m0/s1. The van der Waals surface area contributed by atoms with Gasteiger partial charge < -0.3 is 20.9 Å². The van der Waals surface area contributed by atoms with E-state index in [2.05, 4.69) is 16.0 Å². The molecule has 1 heterocycles. The molecule has 28 heavy (non-hydrogen) atoms. The van der Waals surface area contributed by atoms with E-state index in [9.17, 15) is 9.59 Å². The van der Waals surface area contributed by atoms with Gasteiger partial charge in [0.2, 0.25) is 5.91 Å². The van der Waals surface area contributed by atoms with Crippen molar-refractivity contribution in [1.82, 2.24) is 5.32 Å². The zero-order valence-corrected chi connectivity index (χ0v) is 15.1. The van der Waals surface area contributed by atoms with Crippen molar-refractivity contribution >= 4 is 34.7 Å². The van der Waals surface area contributed by atoms with Gasteiger partial charge in [-0.25, -0.2) is 4.79 Å². The molecule has 6 heteroatoms. The number of hydrogen-bond acceptors (Lipinski definition) is 3. The van der Waals surface area contributed by atoms with Crippen molar-refractivity contribution in [2.75, 3.05) is 22.1 Å². The van der Waals surface area contributed by atoms with Crippen LogP contribution in [0.25, 0.3) is 0 Å². The van der Waals surface area contributed by atoms with Crippen molar-refractivity contribution in [3.63, 3.8) is 0 Å². The van der Waals surface area contributed by atoms with E-state index in [-0.39, 0.29) is 5.91 Å². The van der Waals surface area contributed by atoms with Crippen LogP contribution in [0.4, 0.5) is 27.5 Å². The van der Waals surface area contributed by atoms with Crippen LogP contribution in [0, 0.1) is 0 Å². The zero-order valence-electron chi connectivity index (χ0n) is 15.1. The van der Waals surface area contributed by atoms with Crippen molar-refractivity contribution in [1.29, 1.82) is 0 Å². The van der Waals surface area contributed by atoms with Crippen LogP contribution in [-0.2, 0) is 4.79 Å². The van der Waals surface area contributed by atoms with E-state index in [0.717, 1.165) is 11.4 Å². The molecule has 0 radical (unpaired) electrons. The third kappa shape index (κ3) is 3.81. The van der Waals surface area contributed by atoms with Crippen LogP contribution in [0.5, 0.6) is 0 Å². The first-order valence-electron chi connectivity index (χ1n) is 9.06. The summed E-state index contributed by atoms with van der Waals surface area (Å²) in [5, 5.41) is 8.46. The molecular formula is C22H20N4O2. The van der Waals surface area contributed by atoms with Crippen molar-refractivity contribution in [3.8, 4) is 0 Å². The third-order valence-electron chi connectivity index (χ3n) is 4.54. The number of carbonyl (C=O) groups excluding carboxylic acids is 2. The fraction of sp³-hybridized carbons (Fsp3) is 0.0909. The normalized spacial score (nSPS) is 15.8. The van der Waals surface area contributed by atoms with Crippen molar-refractivity contribution in [2.45, 2.75) is 6.04 Å². The summed E-state index contributed by atoms with van der Waals surface area (Å²) in [4.78, 5) is 27.2. The number of nitrogens with one attached hydrogen (secondary N) is 3. The molecule has 0 aromatic heterocycles.